The molecule has 9 aromatic carbocycles. The molecule has 2 aliphatic rings. The number of rotatable bonds is 6. The fraction of sp³-hybridized carbons (Fsp3) is 0.100. The van der Waals surface area contributed by atoms with Crippen LogP contribution in [0.15, 0.2) is 182 Å². The Hall–Kier alpha value is -7.82. The quantitative estimate of drug-likeness (QED) is 0.166. The molecule has 13 rings (SSSR count). The Morgan fingerprint density at radius 3 is 1.17 bits per heavy atom. The van der Waals surface area contributed by atoms with Crippen LogP contribution in [0, 0.1) is 27.7 Å². The lowest BCUT2D eigenvalue weighted by Crippen LogP contribution is -2.16. The monoisotopic (exact) mass is 822 g/mol. The van der Waals surface area contributed by atoms with E-state index in [9.17, 15) is 0 Å². The summed E-state index contributed by atoms with van der Waals surface area (Å²) in [6.45, 7) is 8.84. The summed E-state index contributed by atoms with van der Waals surface area (Å²) in [5, 5.41) is 5.11. The Morgan fingerprint density at radius 1 is 0.359 bits per heavy atom. The van der Waals surface area contributed by atoms with Crippen molar-refractivity contribution in [3.8, 4) is 11.4 Å². The summed E-state index contributed by atoms with van der Waals surface area (Å²) in [6.07, 6.45) is 1.69. The molecule has 4 heterocycles. The number of aryl methyl sites for hydroxylation is 4. The summed E-state index contributed by atoms with van der Waals surface area (Å²) in [5.74, 6) is 0. The van der Waals surface area contributed by atoms with Crippen molar-refractivity contribution in [2.75, 3.05) is 9.80 Å². The zero-order valence-corrected chi connectivity index (χ0v) is 36.5. The second kappa shape index (κ2) is 13.8. The van der Waals surface area contributed by atoms with Gasteiger partial charge in [0, 0.05) is 79.6 Å². The summed E-state index contributed by atoms with van der Waals surface area (Å²) < 4.78 is 5.16. The third kappa shape index (κ3) is 5.29. The van der Waals surface area contributed by atoms with Gasteiger partial charge in [-0.25, -0.2) is 0 Å². The lowest BCUT2D eigenvalue weighted by molar-refractivity contribution is 1.03. The van der Waals surface area contributed by atoms with Gasteiger partial charge in [-0.3, -0.25) is 0 Å². The van der Waals surface area contributed by atoms with Crippen molar-refractivity contribution in [3.05, 3.63) is 226 Å². The maximum absolute atomic E-state index is 2.58. The van der Waals surface area contributed by atoms with Crippen LogP contribution in [0.4, 0.5) is 34.1 Å². The maximum Gasteiger partial charge on any atom is 0.0597 e. The predicted octanol–water partition coefficient (Wildman–Crippen LogP) is 15.9. The first kappa shape index (κ1) is 36.8. The zero-order valence-electron chi connectivity index (χ0n) is 36.5. The topological polar surface area (TPSA) is 16.3 Å². The largest absolute Gasteiger partial charge is 0.310 e. The first-order valence-corrected chi connectivity index (χ1v) is 22.5. The molecule has 0 atom stereocenters. The number of hydrogen-bond donors (Lipinski definition) is 0. The molecule has 0 amide bonds. The van der Waals surface area contributed by atoms with Crippen LogP contribution in [0.25, 0.3) is 55.0 Å². The van der Waals surface area contributed by atoms with Crippen LogP contribution in [0.2, 0.25) is 0 Å². The maximum atomic E-state index is 2.58. The number of nitrogens with zero attached hydrogens (tertiary/aromatic N) is 4. The predicted molar refractivity (Wildman–Crippen MR) is 269 cm³/mol. The van der Waals surface area contributed by atoms with Gasteiger partial charge in [0.15, 0.2) is 0 Å². The van der Waals surface area contributed by atoms with Crippen LogP contribution in [0.5, 0.6) is 0 Å². The van der Waals surface area contributed by atoms with Crippen LogP contribution in [-0.4, -0.2) is 9.13 Å². The molecule has 0 fully saturated rings. The van der Waals surface area contributed by atoms with Gasteiger partial charge < -0.3 is 18.9 Å². The number of fused-ring (bicyclic) bond motifs is 10. The number of aromatic nitrogens is 2. The van der Waals surface area contributed by atoms with Crippen molar-refractivity contribution in [3.63, 3.8) is 0 Å². The van der Waals surface area contributed by atoms with E-state index < -0.39 is 0 Å². The van der Waals surface area contributed by atoms with Gasteiger partial charge in [-0.2, -0.15) is 0 Å². The van der Waals surface area contributed by atoms with E-state index in [1.165, 1.54) is 122 Å². The molecule has 0 N–H and O–H groups in total. The number of hydrogen-bond acceptors (Lipinski definition) is 2. The molecule has 0 aliphatic carbocycles. The molecule has 4 heteroatoms. The standard InChI is InChI=1S/C60H46N4/c1-37-23-27-51(39(3)31-37)61(43-17-7-5-8-18-43)55-29-25-45-47-35-58-48(36-57(47)63-53-21-13-11-15-41(53)33-49(55)59(45)63)46-26-30-56(50-34-42-16-12-14-22-54(42)64(58)60(46)50)62(44-19-9-6-10-20-44)52-28-24-38(2)32-40(52)4/h5-32,35-36H,33-34H2,1-4H3. The van der Waals surface area contributed by atoms with Crippen molar-refractivity contribution >= 4 is 77.7 Å². The van der Waals surface area contributed by atoms with Crippen LogP contribution in [0.1, 0.15) is 44.5 Å². The Bertz CT molecular complexity index is 3470. The summed E-state index contributed by atoms with van der Waals surface area (Å²) in [7, 11) is 0. The van der Waals surface area contributed by atoms with Crippen molar-refractivity contribution in [2.45, 2.75) is 40.5 Å². The lowest BCUT2D eigenvalue weighted by Gasteiger charge is -2.31. The molecule has 0 saturated heterocycles. The van der Waals surface area contributed by atoms with Crippen LogP contribution in [0.3, 0.4) is 0 Å². The summed E-state index contributed by atoms with van der Waals surface area (Å²) in [4.78, 5) is 4.96. The van der Waals surface area contributed by atoms with Gasteiger partial charge in [0.05, 0.1) is 33.4 Å². The molecule has 0 unspecified atom stereocenters. The van der Waals surface area contributed by atoms with E-state index in [2.05, 4.69) is 229 Å². The van der Waals surface area contributed by atoms with Crippen molar-refractivity contribution in [1.82, 2.24) is 9.13 Å². The van der Waals surface area contributed by atoms with Crippen molar-refractivity contribution in [2.24, 2.45) is 0 Å². The van der Waals surface area contributed by atoms with Gasteiger partial charge in [0.1, 0.15) is 0 Å². The van der Waals surface area contributed by atoms with Crippen LogP contribution >= 0.6 is 0 Å². The Morgan fingerprint density at radius 2 is 0.750 bits per heavy atom. The number of anilines is 6. The molecular weight excluding hydrogens is 777 g/mol. The number of para-hydroxylation sites is 4. The van der Waals surface area contributed by atoms with E-state index in [0.717, 1.165) is 24.2 Å². The molecule has 0 bridgehead atoms. The normalized spacial score (nSPS) is 12.6. The zero-order chi connectivity index (χ0) is 42.8. The summed E-state index contributed by atoms with van der Waals surface area (Å²) >= 11 is 0. The molecule has 0 saturated carbocycles. The molecule has 2 aliphatic heterocycles. The minimum Gasteiger partial charge on any atom is -0.310 e. The van der Waals surface area contributed by atoms with Crippen molar-refractivity contribution in [1.29, 1.82) is 0 Å². The second-order valence-electron chi connectivity index (χ2n) is 18.0. The van der Waals surface area contributed by atoms with Crippen LogP contribution < -0.4 is 9.80 Å². The third-order valence-electron chi connectivity index (χ3n) is 14.0. The fourth-order valence-electron chi connectivity index (χ4n) is 11.3. The molecule has 4 nitrogen and oxygen atoms in total. The first-order valence-electron chi connectivity index (χ1n) is 22.5. The highest BCUT2D eigenvalue weighted by atomic mass is 15.2. The first-order chi connectivity index (χ1) is 31.4. The second-order valence-corrected chi connectivity index (χ2v) is 18.0. The van der Waals surface area contributed by atoms with Gasteiger partial charge in [-0.05, 0) is 123 Å². The third-order valence-corrected chi connectivity index (χ3v) is 14.0. The molecule has 306 valence electrons. The number of benzene rings is 9. The minimum absolute atomic E-state index is 0.847. The Kier molecular flexibility index (Phi) is 7.96. The Labute approximate surface area is 373 Å². The van der Waals surface area contributed by atoms with E-state index >= 15 is 0 Å². The minimum atomic E-state index is 0.847. The van der Waals surface area contributed by atoms with E-state index in [1.807, 2.05) is 0 Å². The van der Waals surface area contributed by atoms with Gasteiger partial charge in [-0.1, -0.05) is 120 Å². The molecule has 0 radical (unpaired) electrons. The summed E-state index contributed by atoms with van der Waals surface area (Å²) in [6, 6.07) is 68.1. The van der Waals surface area contributed by atoms with Gasteiger partial charge in [-0.15, -0.1) is 0 Å². The van der Waals surface area contributed by atoms with E-state index in [4.69, 9.17) is 0 Å². The lowest BCUT2D eigenvalue weighted by atomic mass is 9.94. The molecule has 2 aromatic heterocycles. The van der Waals surface area contributed by atoms with E-state index in [0.29, 0.717) is 0 Å². The smallest absolute Gasteiger partial charge is 0.0597 e. The van der Waals surface area contributed by atoms with Crippen molar-refractivity contribution < 1.29 is 0 Å². The van der Waals surface area contributed by atoms with Gasteiger partial charge >= 0.3 is 0 Å². The van der Waals surface area contributed by atoms with Gasteiger partial charge in [0.25, 0.3) is 0 Å². The summed E-state index contributed by atoms with van der Waals surface area (Å²) in [5.41, 5.74) is 25.2. The molecule has 0 spiro atoms. The highest BCUT2D eigenvalue weighted by Crippen LogP contribution is 2.51. The van der Waals surface area contributed by atoms with E-state index in [1.54, 1.807) is 0 Å². The van der Waals surface area contributed by atoms with E-state index in [-0.39, 0.29) is 0 Å². The SMILES string of the molecule is Cc1ccc(N(c2ccccc2)c2ccc3c4cc5c(cc4n4c3c2Cc2ccccc2-4)c2ccc(N(c3ccccc3)c3ccc(C)cc3C)c3c2n5-c2ccccc2C3)c(C)c1. The molecule has 64 heavy (non-hydrogen) atoms. The average Bonchev–Trinajstić information content (AvgIpc) is 3.82. The average molecular weight is 823 g/mol. The highest BCUT2D eigenvalue weighted by molar-refractivity contribution is 6.21. The van der Waals surface area contributed by atoms with Gasteiger partial charge in [0.2, 0.25) is 0 Å². The molecule has 11 aromatic rings. The fourth-order valence-corrected chi connectivity index (χ4v) is 11.3. The van der Waals surface area contributed by atoms with Crippen LogP contribution in [-0.2, 0) is 12.8 Å². The Balaban J connectivity index is 1.12. The highest BCUT2D eigenvalue weighted by Gasteiger charge is 2.31. The molecular formula is C60H46N4.